The summed E-state index contributed by atoms with van der Waals surface area (Å²) in [7, 11) is 2.96. The van der Waals surface area contributed by atoms with Gasteiger partial charge in [0.1, 0.15) is 17.3 Å². The summed E-state index contributed by atoms with van der Waals surface area (Å²) in [5.41, 5.74) is 0.385. The molecule has 2 aromatic carbocycles. The summed E-state index contributed by atoms with van der Waals surface area (Å²) in [4.78, 5) is 12.4. The van der Waals surface area contributed by atoms with Crippen molar-refractivity contribution in [1.82, 2.24) is 0 Å². The number of methoxy groups -OCH3 is 2. The first-order valence-electron chi connectivity index (χ1n) is 5.79. The SMILES string of the molecule is COc1ccc(C(=O)c2cccc(F)c2Cl)c(OC)c1. The molecule has 0 radical (unpaired) electrons. The summed E-state index contributed by atoms with van der Waals surface area (Å²) in [6.45, 7) is 0. The first-order chi connectivity index (χ1) is 9.58. The molecule has 0 saturated heterocycles. The van der Waals surface area contributed by atoms with E-state index >= 15 is 0 Å². The number of ketones is 1. The van der Waals surface area contributed by atoms with Crippen molar-refractivity contribution in [1.29, 1.82) is 0 Å². The van der Waals surface area contributed by atoms with E-state index in [1.807, 2.05) is 0 Å². The second-order valence-electron chi connectivity index (χ2n) is 4.00. The molecule has 0 aliphatic heterocycles. The summed E-state index contributed by atoms with van der Waals surface area (Å²) in [6, 6.07) is 8.87. The zero-order valence-corrected chi connectivity index (χ0v) is 11.7. The van der Waals surface area contributed by atoms with Crippen LogP contribution in [-0.2, 0) is 0 Å². The maximum absolute atomic E-state index is 13.4. The van der Waals surface area contributed by atoms with Crippen LogP contribution in [0.25, 0.3) is 0 Å². The van der Waals surface area contributed by atoms with Gasteiger partial charge in [-0.25, -0.2) is 4.39 Å². The molecule has 0 aliphatic carbocycles. The lowest BCUT2D eigenvalue weighted by Gasteiger charge is -2.10. The van der Waals surface area contributed by atoms with Crippen molar-refractivity contribution in [2.45, 2.75) is 0 Å². The Morgan fingerprint density at radius 2 is 1.85 bits per heavy atom. The Morgan fingerprint density at radius 3 is 2.50 bits per heavy atom. The fraction of sp³-hybridized carbons (Fsp3) is 0.133. The number of hydrogen-bond acceptors (Lipinski definition) is 3. The Kier molecular flexibility index (Phi) is 4.25. The minimum absolute atomic E-state index is 0.0927. The van der Waals surface area contributed by atoms with Gasteiger partial charge in [-0.15, -0.1) is 0 Å². The van der Waals surface area contributed by atoms with Crippen LogP contribution in [-0.4, -0.2) is 20.0 Å². The van der Waals surface area contributed by atoms with Crippen molar-refractivity contribution in [3.63, 3.8) is 0 Å². The standard InChI is InChI=1S/C15H12ClFO3/c1-19-9-6-7-10(13(8-9)20-2)15(18)11-4-3-5-12(17)14(11)16/h3-8H,1-2H3. The molecule has 0 atom stereocenters. The lowest BCUT2D eigenvalue weighted by Crippen LogP contribution is -2.05. The van der Waals surface area contributed by atoms with Gasteiger partial charge in [0.15, 0.2) is 5.78 Å². The first-order valence-corrected chi connectivity index (χ1v) is 6.17. The molecule has 0 aliphatic rings. The summed E-state index contributed by atoms with van der Waals surface area (Å²) >= 11 is 5.83. The minimum Gasteiger partial charge on any atom is -0.497 e. The Bertz CT molecular complexity index is 656. The Morgan fingerprint density at radius 1 is 1.10 bits per heavy atom. The third-order valence-electron chi connectivity index (χ3n) is 2.85. The van der Waals surface area contributed by atoms with E-state index in [4.69, 9.17) is 21.1 Å². The highest BCUT2D eigenvalue weighted by atomic mass is 35.5. The Hall–Kier alpha value is -2.07. The molecular formula is C15H12ClFO3. The number of benzene rings is 2. The number of carbonyl (C=O) groups is 1. The van der Waals surface area contributed by atoms with Gasteiger partial charge in [0.2, 0.25) is 0 Å². The molecule has 0 spiro atoms. The Balaban J connectivity index is 2.50. The van der Waals surface area contributed by atoms with Crippen LogP contribution >= 0.6 is 11.6 Å². The molecule has 0 heterocycles. The van der Waals surface area contributed by atoms with Gasteiger partial charge in [-0.05, 0) is 24.3 Å². The smallest absolute Gasteiger partial charge is 0.198 e. The van der Waals surface area contributed by atoms with Crippen LogP contribution in [0.2, 0.25) is 5.02 Å². The van der Waals surface area contributed by atoms with Crippen molar-refractivity contribution in [3.05, 3.63) is 58.4 Å². The second kappa shape index (κ2) is 5.92. The van der Waals surface area contributed by atoms with E-state index in [1.54, 1.807) is 18.2 Å². The fourth-order valence-corrected chi connectivity index (χ4v) is 2.02. The summed E-state index contributed by atoms with van der Waals surface area (Å²) in [6.07, 6.45) is 0. The number of rotatable bonds is 4. The van der Waals surface area contributed by atoms with Gasteiger partial charge in [0.05, 0.1) is 24.8 Å². The van der Waals surface area contributed by atoms with E-state index in [1.165, 1.54) is 32.4 Å². The highest BCUT2D eigenvalue weighted by Crippen LogP contribution is 2.29. The van der Waals surface area contributed by atoms with Gasteiger partial charge >= 0.3 is 0 Å². The topological polar surface area (TPSA) is 35.5 Å². The highest BCUT2D eigenvalue weighted by Gasteiger charge is 2.19. The lowest BCUT2D eigenvalue weighted by molar-refractivity contribution is 0.103. The van der Waals surface area contributed by atoms with Crippen LogP contribution in [0.15, 0.2) is 36.4 Å². The van der Waals surface area contributed by atoms with Crippen LogP contribution in [0, 0.1) is 5.82 Å². The Labute approximate surface area is 120 Å². The normalized spacial score (nSPS) is 10.2. The molecule has 0 unspecified atom stereocenters. The summed E-state index contributed by atoms with van der Waals surface area (Å²) in [5, 5.41) is -0.199. The van der Waals surface area contributed by atoms with Crippen molar-refractivity contribution >= 4 is 17.4 Å². The van der Waals surface area contributed by atoms with Crippen molar-refractivity contribution in [2.24, 2.45) is 0 Å². The second-order valence-corrected chi connectivity index (χ2v) is 4.37. The quantitative estimate of drug-likeness (QED) is 0.806. The first kappa shape index (κ1) is 14.3. The molecular weight excluding hydrogens is 283 g/mol. The third-order valence-corrected chi connectivity index (χ3v) is 3.23. The molecule has 104 valence electrons. The molecule has 0 fully saturated rings. The molecule has 0 amide bonds. The zero-order valence-electron chi connectivity index (χ0n) is 10.9. The van der Waals surface area contributed by atoms with Gasteiger partial charge in [-0.2, -0.15) is 0 Å². The maximum Gasteiger partial charge on any atom is 0.198 e. The van der Waals surface area contributed by atoms with Crippen molar-refractivity contribution < 1.29 is 18.7 Å². The van der Waals surface area contributed by atoms with E-state index in [2.05, 4.69) is 0 Å². The average Bonchev–Trinajstić information content (AvgIpc) is 2.48. The van der Waals surface area contributed by atoms with Crippen molar-refractivity contribution in [3.8, 4) is 11.5 Å². The van der Waals surface area contributed by atoms with Crippen LogP contribution in [0.3, 0.4) is 0 Å². The van der Waals surface area contributed by atoms with E-state index < -0.39 is 11.6 Å². The summed E-state index contributed by atoms with van der Waals surface area (Å²) < 4.78 is 23.6. The molecule has 0 aromatic heterocycles. The van der Waals surface area contributed by atoms with E-state index in [-0.39, 0.29) is 10.6 Å². The largest absolute Gasteiger partial charge is 0.497 e. The van der Waals surface area contributed by atoms with Gasteiger partial charge in [0.25, 0.3) is 0 Å². The number of ether oxygens (including phenoxy) is 2. The number of hydrogen-bond donors (Lipinski definition) is 0. The van der Waals surface area contributed by atoms with Gasteiger partial charge in [0, 0.05) is 11.6 Å². The number of carbonyl (C=O) groups excluding carboxylic acids is 1. The van der Waals surface area contributed by atoms with Gasteiger partial charge < -0.3 is 9.47 Å². The van der Waals surface area contributed by atoms with Crippen LogP contribution in [0.5, 0.6) is 11.5 Å². The van der Waals surface area contributed by atoms with Crippen molar-refractivity contribution in [2.75, 3.05) is 14.2 Å². The molecule has 2 aromatic rings. The van der Waals surface area contributed by atoms with Gasteiger partial charge in [-0.3, -0.25) is 4.79 Å². The summed E-state index contributed by atoms with van der Waals surface area (Å²) in [5.74, 6) is -0.141. The number of halogens is 2. The predicted molar refractivity (Wildman–Crippen MR) is 74.4 cm³/mol. The van der Waals surface area contributed by atoms with Gasteiger partial charge in [-0.1, -0.05) is 17.7 Å². The fourth-order valence-electron chi connectivity index (χ4n) is 1.81. The molecule has 2 rings (SSSR count). The molecule has 5 heteroatoms. The minimum atomic E-state index is -0.634. The van der Waals surface area contributed by atoms with Crippen LogP contribution in [0.1, 0.15) is 15.9 Å². The van der Waals surface area contributed by atoms with E-state index in [0.717, 1.165) is 0 Å². The zero-order chi connectivity index (χ0) is 14.7. The molecule has 0 N–H and O–H groups in total. The van der Waals surface area contributed by atoms with E-state index in [0.29, 0.717) is 17.1 Å². The predicted octanol–water partition coefficient (Wildman–Crippen LogP) is 3.73. The maximum atomic E-state index is 13.4. The third kappa shape index (κ3) is 2.60. The molecule has 20 heavy (non-hydrogen) atoms. The monoisotopic (exact) mass is 294 g/mol. The molecule has 3 nitrogen and oxygen atoms in total. The molecule has 0 saturated carbocycles. The molecule has 0 bridgehead atoms. The van der Waals surface area contributed by atoms with Crippen LogP contribution in [0.4, 0.5) is 4.39 Å². The van der Waals surface area contributed by atoms with E-state index in [9.17, 15) is 9.18 Å². The highest BCUT2D eigenvalue weighted by molar-refractivity contribution is 6.35. The average molecular weight is 295 g/mol. The van der Waals surface area contributed by atoms with Crippen LogP contribution < -0.4 is 9.47 Å². The lowest BCUT2D eigenvalue weighted by atomic mass is 10.0.